The van der Waals surface area contributed by atoms with E-state index in [0.717, 1.165) is 6.42 Å². The molecule has 0 amide bonds. The van der Waals surface area contributed by atoms with Gasteiger partial charge in [0.1, 0.15) is 0 Å². The van der Waals surface area contributed by atoms with Gasteiger partial charge >= 0.3 is 0 Å². The first-order valence-electron chi connectivity index (χ1n) is 17.4. The first-order valence-corrected chi connectivity index (χ1v) is 24.4. The van der Waals surface area contributed by atoms with Crippen molar-refractivity contribution in [3.05, 3.63) is 112 Å². The summed E-state index contributed by atoms with van der Waals surface area (Å²) < 4.78 is 0. The topological polar surface area (TPSA) is 0 Å². The summed E-state index contributed by atoms with van der Waals surface area (Å²) in [7, 11) is -2.94. The zero-order valence-corrected chi connectivity index (χ0v) is 31.3. The van der Waals surface area contributed by atoms with Crippen molar-refractivity contribution in [3.8, 4) is 33.4 Å². The van der Waals surface area contributed by atoms with Gasteiger partial charge in [0.05, 0.1) is 16.1 Å². The van der Waals surface area contributed by atoms with Gasteiger partial charge in [0.15, 0.2) is 0 Å². The van der Waals surface area contributed by atoms with Gasteiger partial charge in [-0.15, -0.1) is 0 Å². The van der Waals surface area contributed by atoms with Gasteiger partial charge in [-0.3, -0.25) is 0 Å². The number of rotatable bonds is 2. The zero-order valence-electron chi connectivity index (χ0n) is 29.3. The van der Waals surface area contributed by atoms with Gasteiger partial charge in [0.25, 0.3) is 0 Å². The van der Waals surface area contributed by atoms with Crippen LogP contribution in [0.3, 0.4) is 0 Å². The van der Waals surface area contributed by atoms with Crippen molar-refractivity contribution < 1.29 is 0 Å². The molecule has 46 heavy (non-hydrogen) atoms. The number of fused-ring (bicyclic) bond motifs is 8. The zero-order chi connectivity index (χ0) is 32.3. The van der Waals surface area contributed by atoms with E-state index in [9.17, 15) is 0 Å². The van der Waals surface area contributed by atoms with E-state index in [1.54, 1.807) is 21.5 Å². The first kappa shape index (κ1) is 28.7. The van der Waals surface area contributed by atoms with Crippen LogP contribution in [0, 0.1) is 0 Å². The van der Waals surface area contributed by atoms with Crippen molar-refractivity contribution in [2.24, 2.45) is 0 Å². The molecule has 0 aliphatic heterocycles. The second-order valence-electron chi connectivity index (χ2n) is 17.7. The summed E-state index contributed by atoms with van der Waals surface area (Å²) in [4.78, 5) is 0. The highest BCUT2D eigenvalue weighted by Crippen LogP contribution is 2.58. The Balaban J connectivity index is 1.28. The summed E-state index contributed by atoms with van der Waals surface area (Å²) in [6.45, 7) is 24.9. The highest BCUT2D eigenvalue weighted by molar-refractivity contribution is 6.90. The summed E-state index contributed by atoms with van der Waals surface area (Å²) >= 11 is 0. The fourth-order valence-electron chi connectivity index (χ4n) is 9.81. The maximum atomic E-state index is 2.62. The third kappa shape index (κ3) is 3.50. The second-order valence-corrected chi connectivity index (χ2v) is 27.8. The first-order chi connectivity index (χ1) is 21.6. The van der Waals surface area contributed by atoms with Crippen LogP contribution in [0.25, 0.3) is 49.7 Å². The lowest BCUT2D eigenvalue weighted by Gasteiger charge is -2.44. The van der Waals surface area contributed by atoms with Crippen molar-refractivity contribution in [2.75, 3.05) is 0 Å². The van der Waals surface area contributed by atoms with Crippen molar-refractivity contribution in [2.45, 2.75) is 90.6 Å². The van der Waals surface area contributed by atoms with Gasteiger partial charge in [-0.25, -0.2) is 0 Å². The molecule has 0 saturated heterocycles. The molecule has 5 aromatic rings. The lowest BCUT2D eigenvalue weighted by atomic mass is 9.59. The Morgan fingerprint density at radius 3 is 1.61 bits per heavy atom. The molecule has 0 nitrogen and oxygen atoms in total. The van der Waals surface area contributed by atoms with Crippen LogP contribution in [0.4, 0.5) is 0 Å². The van der Waals surface area contributed by atoms with Crippen molar-refractivity contribution in [1.29, 1.82) is 0 Å². The van der Waals surface area contributed by atoms with Crippen LogP contribution in [-0.2, 0) is 17.3 Å². The largest absolute Gasteiger partial charge is 0.0784 e. The third-order valence-corrected chi connectivity index (χ3v) is 16.3. The summed E-state index contributed by atoms with van der Waals surface area (Å²) in [5.74, 6) is 0. The number of benzene rings is 5. The average Bonchev–Trinajstić information content (AvgIpc) is 3.49. The highest BCUT2D eigenvalue weighted by atomic mass is 28.3. The lowest BCUT2D eigenvalue weighted by Crippen LogP contribution is -2.41. The van der Waals surface area contributed by atoms with Crippen LogP contribution in [0.1, 0.15) is 73.1 Å². The lowest BCUT2D eigenvalue weighted by molar-refractivity contribution is 0.521. The SMILES string of the molecule is CC1(C)c2cc3c(cc2C(C)(C)c2cc4c(cc21)-c1ccc([Si](C)(C)C)c2cccc-4c12)-c1ccc([Si](C)(C)C)c2c1C3=CCC2. The molecule has 0 unspecified atom stereocenters. The van der Waals surface area contributed by atoms with Crippen molar-refractivity contribution in [1.82, 2.24) is 0 Å². The Bertz CT molecular complexity index is 2260. The fourth-order valence-corrected chi connectivity index (χ4v) is 13.1. The number of hydrogen-bond donors (Lipinski definition) is 0. The Morgan fingerprint density at radius 2 is 1.02 bits per heavy atom. The van der Waals surface area contributed by atoms with E-state index < -0.39 is 16.1 Å². The summed E-state index contributed by atoms with van der Waals surface area (Å²) in [5.41, 5.74) is 20.6. The van der Waals surface area contributed by atoms with Crippen LogP contribution in [0.5, 0.6) is 0 Å². The quantitative estimate of drug-likeness (QED) is 0.167. The molecular weight excluding hydrogens is 585 g/mol. The molecule has 0 atom stereocenters. The van der Waals surface area contributed by atoms with Crippen molar-refractivity contribution >= 4 is 42.9 Å². The smallest absolute Gasteiger partial charge is 0.0757 e. The molecule has 0 bridgehead atoms. The molecule has 9 rings (SSSR count). The molecule has 0 spiro atoms. The maximum Gasteiger partial charge on any atom is 0.0784 e. The molecule has 2 heteroatoms. The van der Waals surface area contributed by atoms with Gasteiger partial charge in [-0.2, -0.15) is 0 Å². The maximum absolute atomic E-state index is 2.62. The van der Waals surface area contributed by atoms with E-state index in [4.69, 9.17) is 0 Å². The van der Waals surface area contributed by atoms with E-state index in [1.165, 1.54) is 84.0 Å². The van der Waals surface area contributed by atoms with Crippen LogP contribution in [-0.4, -0.2) is 16.1 Å². The highest BCUT2D eigenvalue weighted by Gasteiger charge is 2.45. The molecule has 0 saturated carbocycles. The van der Waals surface area contributed by atoms with E-state index in [0.29, 0.717) is 0 Å². The molecule has 0 fully saturated rings. The monoisotopic (exact) mass is 630 g/mol. The van der Waals surface area contributed by atoms with Crippen LogP contribution >= 0.6 is 0 Å². The fraction of sp³-hybridized carbons (Fsp3) is 0.318. The molecule has 230 valence electrons. The summed E-state index contributed by atoms with van der Waals surface area (Å²) in [6, 6.07) is 27.3. The van der Waals surface area contributed by atoms with E-state index in [1.807, 2.05) is 0 Å². The Hall–Kier alpha value is -3.47. The summed E-state index contributed by atoms with van der Waals surface area (Å²) in [6.07, 6.45) is 4.88. The number of allylic oxidation sites excluding steroid dienone is 1. The van der Waals surface area contributed by atoms with Crippen LogP contribution < -0.4 is 10.4 Å². The van der Waals surface area contributed by atoms with E-state index in [-0.39, 0.29) is 10.8 Å². The second kappa shape index (κ2) is 8.71. The summed E-state index contributed by atoms with van der Waals surface area (Å²) in [5, 5.41) is 6.17. The molecule has 4 aliphatic rings. The molecule has 5 aromatic carbocycles. The van der Waals surface area contributed by atoms with Gasteiger partial charge < -0.3 is 0 Å². The van der Waals surface area contributed by atoms with E-state index in [2.05, 4.69) is 140 Å². The predicted octanol–water partition coefficient (Wildman–Crippen LogP) is 10.9. The molecular formula is C44H46Si2. The van der Waals surface area contributed by atoms with Crippen molar-refractivity contribution in [3.63, 3.8) is 0 Å². The van der Waals surface area contributed by atoms with Crippen LogP contribution in [0.15, 0.2) is 72.8 Å². The molecule has 0 radical (unpaired) electrons. The van der Waals surface area contributed by atoms with E-state index >= 15 is 0 Å². The Labute approximate surface area is 277 Å². The minimum Gasteiger partial charge on any atom is -0.0757 e. The minimum atomic E-state index is -1.49. The molecule has 0 aromatic heterocycles. The molecule has 0 heterocycles. The van der Waals surface area contributed by atoms with Gasteiger partial charge in [0, 0.05) is 10.8 Å². The Morgan fingerprint density at radius 1 is 0.522 bits per heavy atom. The minimum absolute atomic E-state index is 0.104. The average molecular weight is 631 g/mol. The third-order valence-electron chi connectivity index (χ3n) is 12.2. The van der Waals surface area contributed by atoms with Gasteiger partial charge in [-0.05, 0) is 126 Å². The predicted molar refractivity (Wildman–Crippen MR) is 206 cm³/mol. The molecule has 4 aliphatic carbocycles. The standard InChI is InChI=1S/C44H46Si2/c1-43(2)35-21-31-25-13-11-15-29-40(46(8,9)10)20-18-28(41(25)29)34(31)24-38(35)44(3,4)36-22-32-26-14-12-16-30-39(45(5,6)7)19-17-27(42(26)30)33(32)23-37(36)43/h11,13-15,17-24H,12,16H2,1-10H3. The molecule has 0 N–H and O–H groups in total. The van der Waals surface area contributed by atoms with Gasteiger partial charge in [0.2, 0.25) is 0 Å². The normalized spacial score (nSPS) is 17.7. The van der Waals surface area contributed by atoms with Crippen LogP contribution in [0.2, 0.25) is 39.3 Å². The van der Waals surface area contributed by atoms with Gasteiger partial charge in [-0.1, -0.05) is 126 Å². The number of hydrogen-bond acceptors (Lipinski definition) is 0. The Kier molecular flexibility index (Phi) is 5.44.